The fourth-order valence-corrected chi connectivity index (χ4v) is 1.54. The Hall–Kier alpha value is -1.60. The highest BCUT2D eigenvalue weighted by Gasteiger charge is 2.08. The summed E-state index contributed by atoms with van der Waals surface area (Å²) in [5, 5.41) is 0.580. The minimum Gasteiger partial charge on any atom is -0.294 e. The van der Waals surface area contributed by atoms with Crippen LogP contribution in [0.15, 0.2) is 55.1 Å². The van der Waals surface area contributed by atoms with Gasteiger partial charge in [-0.1, -0.05) is 60.7 Å². The van der Waals surface area contributed by atoms with Crippen LogP contribution in [0.3, 0.4) is 0 Å². The van der Waals surface area contributed by atoms with Gasteiger partial charge < -0.3 is 0 Å². The Bertz CT molecular complexity index is 456. The third kappa shape index (κ3) is 3.21. The monoisotopic (exact) mass is 232 g/mol. The molecular formula is C14H13ClO. The van der Waals surface area contributed by atoms with Crippen molar-refractivity contribution >= 4 is 23.0 Å². The van der Waals surface area contributed by atoms with Crippen molar-refractivity contribution in [3.63, 3.8) is 0 Å². The van der Waals surface area contributed by atoms with Crippen LogP contribution >= 0.6 is 11.6 Å². The minimum atomic E-state index is -0.0122. The molecule has 0 saturated carbocycles. The molecule has 1 aromatic rings. The number of hydrogen-bond acceptors (Lipinski definition) is 1. The van der Waals surface area contributed by atoms with Crippen LogP contribution in [0.4, 0.5) is 0 Å². The Morgan fingerprint density at radius 3 is 2.56 bits per heavy atom. The van der Waals surface area contributed by atoms with E-state index in [1.165, 1.54) is 6.92 Å². The molecular weight excluding hydrogens is 220 g/mol. The summed E-state index contributed by atoms with van der Waals surface area (Å²) in [5.74, 6) is -0.0122. The van der Waals surface area contributed by atoms with Gasteiger partial charge in [-0.3, -0.25) is 4.79 Å². The number of benzene rings is 1. The first kappa shape index (κ1) is 12.5. The number of hydrogen-bond donors (Lipinski definition) is 0. The molecule has 0 atom stereocenters. The van der Waals surface area contributed by atoms with Crippen molar-refractivity contribution in [1.82, 2.24) is 0 Å². The first-order valence-corrected chi connectivity index (χ1v) is 5.30. The second-order valence-electron chi connectivity index (χ2n) is 3.24. The van der Waals surface area contributed by atoms with E-state index in [2.05, 4.69) is 6.58 Å². The van der Waals surface area contributed by atoms with Gasteiger partial charge in [0.1, 0.15) is 0 Å². The third-order valence-corrected chi connectivity index (χ3v) is 2.38. The Kier molecular flexibility index (Phi) is 4.74. The van der Waals surface area contributed by atoms with Gasteiger partial charge in [-0.2, -0.15) is 0 Å². The lowest BCUT2D eigenvalue weighted by molar-refractivity contribution is -0.111. The van der Waals surface area contributed by atoms with E-state index < -0.39 is 0 Å². The van der Waals surface area contributed by atoms with Crippen molar-refractivity contribution in [1.29, 1.82) is 0 Å². The molecule has 0 aromatic heterocycles. The molecule has 0 amide bonds. The van der Waals surface area contributed by atoms with E-state index in [1.807, 2.05) is 18.2 Å². The average molecular weight is 233 g/mol. The molecule has 82 valence electrons. The maximum Gasteiger partial charge on any atom is 0.160 e. The molecule has 0 spiro atoms. The number of carbonyl (C=O) groups is 1. The number of ketones is 1. The summed E-state index contributed by atoms with van der Waals surface area (Å²) in [6, 6.07) is 7.29. The van der Waals surface area contributed by atoms with Crippen LogP contribution in [-0.2, 0) is 4.79 Å². The van der Waals surface area contributed by atoms with Gasteiger partial charge >= 0.3 is 0 Å². The molecule has 1 nitrogen and oxygen atoms in total. The molecule has 0 saturated heterocycles. The molecule has 0 bridgehead atoms. The fourth-order valence-electron chi connectivity index (χ4n) is 1.31. The lowest BCUT2D eigenvalue weighted by atomic mass is 10.0. The number of halogens is 1. The Morgan fingerprint density at radius 1 is 1.31 bits per heavy atom. The predicted molar refractivity (Wildman–Crippen MR) is 69.4 cm³/mol. The molecule has 0 aliphatic rings. The maximum absolute atomic E-state index is 11.5. The molecule has 0 unspecified atom stereocenters. The summed E-state index contributed by atoms with van der Waals surface area (Å²) in [5.41, 5.74) is 1.36. The smallest absolute Gasteiger partial charge is 0.160 e. The van der Waals surface area contributed by atoms with Crippen molar-refractivity contribution in [3.8, 4) is 0 Å². The lowest BCUT2D eigenvalue weighted by Crippen LogP contribution is -1.96. The predicted octanol–water partition coefficient (Wildman–Crippen LogP) is 4.05. The fraction of sp³-hybridized carbons (Fsp3) is 0.0714. The molecule has 0 aliphatic carbocycles. The minimum absolute atomic E-state index is 0.0122. The summed E-state index contributed by atoms with van der Waals surface area (Å²) in [6.45, 7) is 5.09. The van der Waals surface area contributed by atoms with Crippen molar-refractivity contribution in [2.75, 3.05) is 0 Å². The summed E-state index contributed by atoms with van der Waals surface area (Å²) < 4.78 is 0. The topological polar surface area (TPSA) is 17.1 Å². The lowest BCUT2D eigenvalue weighted by Gasteiger charge is -2.04. The van der Waals surface area contributed by atoms with Gasteiger partial charge in [0.05, 0.1) is 0 Å². The van der Waals surface area contributed by atoms with Crippen LogP contribution in [0.5, 0.6) is 0 Å². The zero-order valence-electron chi connectivity index (χ0n) is 9.11. The Morgan fingerprint density at radius 2 is 2.00 bits per heavy atom. The van der Waals surface area contributed by atoms with Crippen LogP contribution in [0.25, 0.3) is 5.57 Å². The van der Waals surface area contributed by atoms with Gasteiger partial charge in [0.15, 0.2) is 5.78 Å². The first-order valence-electron chi connectivity index (χ1n) is 4.92. The molecule has 0 aliphatic heterocycles. The Balaban J connectivity index is 3.18. The van der Waals surface area contributed by atoms with E-state index in [0.717, 1.165) is 5.56 Å². The van der Waals surface area contributed by atoms with Crippen molar-refractivity contribution in [2.45, 2.75) is 6.92 Å². The third-order valence-electron chi connectivity index (χ3n) is 2.05. The van der Waals surface area contributed by atoms with E-state index in [4.69, 9.17) is 11.6 Å². The summed E-state index contributed by atoms with van der Waals surface area (Å²) in [6.07, 6.45) is 6.93. The van der Waals surface area contributed by atoms with Gasteiger partial charge in [-0.25, -0.2) is 0 Å². The zero-order chi connectivity index (χ0) is 12.0. The van der Waals surface area contributed by atoms with Crippen molar-refractivity contribution < 1.29 is 4.79 Å². The molecule has 1 rings (SSSR count). The number of carbonyl (C=O) groups excluding carboxylic acids is 1. The summed E-state index contributed by atoms with van der Waals surface area (Å²) in [7, 11) is 0. The van der Waals surface area contributed by atoms with E-state index >= 15 is 0 Å². The highest BCUT2D eigenvalue weighted by Crippen LogP contribution is 2.24. The van der Waals surface area contributed by atoms with Gasteiger partial charge in [-0.15, -0.1) is 0 Å². The summed E-state index contributed by atoms with van der Waals surface area (Å²) >= 11 is 6.04. The average Bonchev–Trinajstić information content (AvgIpc) is 2.25. The van der Waals surface area contributed by atoms with E-state index in [1.54, 1.807) is 30.4 Å². The largest absolute Gasteiger partial charge is 0.294 e. The van der Waals surface area contributed by atoms with Crippen LogP contribution in [-0.4, -0.2) is 5.78 Å². The first-order chi connectivity index (χ1) is 7.66. The van der Waals surface area contributed by atoms with Crippen LogP contribution in [0.1, 0.15) is 12.5 Å². The number of allylic oxidation sites excluding steroid dienone is 5. The Labute approximate surface area is 101 Å². The number of rotatable bonds is 4. The van der Waals surface area contributed by atoms with Crippen LogP contribution in [0, 0.1) is 0 Å². The van der Waals surface area contributed by atoms with E-state index in [9.17, 15) is 4.79 Å². The normalized spacial score (nSPS) is 11.8. The standard InChI is InChI=1S/C14H13ClO/c1-3-4-5-8-12(11(2)16)13-9-6-7-10-14(13)15/h3-10H,1H2,2H3. The van der Waals surface area contributed by atoms with Crippen LogP contribution < -0.4 is 0 Å². The second-order valence-corrected chi connectivity index (χ2v) is 3.64. The van der Waals surface area contributed by atoms with Gasteiger partial charge in [0, 0.05) is 16.2 Å². The SMILES string of the molecule is C=CC=CC=C(C(C)=O)c1ccccc1Cl. The van der Waals surface area contributed by atoms with Gasteiger partial charge in [0.25, 0.3) is 0 Å². The van der Waals surface area contributed by atoms with E-state index in [0.29, 0.717) is 10.6 Å². The molecule has 16 heavy (non-hydrogen) atoms. The molecule has 0 fully saturated rings. The number of Topliss-reactive ketones (excluding diaryl/α,β-unsaturated/α-hetero) is 1. The highest BCUT2D eigenvalue weighted by molar-refractivity contribution is 6.35. The van der Waals surface area contributed by atoms with Crippen molar-refractivity contribution in [2.24, 2.45) is 0 Å². The molecule has 1 aromatic carbocycles. The van der Waals surface area contributed by atoms with Gasteiger partial charge in [-0.05, 0) is 13.0 Å². The maximum atomic E-state index is 11.5. The quantitative estimate of drug-likeness (QED) is 0.565. The van der Waals surface area contributed by atoms with Crippen LogP contribution in [0.2, 0.25) is 5.02 Å². The highest BCUT2D eigenvalue weighted by atomic mass is 35.5. The molecule has 0 heterocycles. The molecule has 0 N–H and O–H groups in total. The summed E-state index contributed by atoms with van der Waals surface area (Å²) in [4.78, 5) is 11.5. The molecule has 2 heteroatoms. The molecule has 0 radical (unpaired) electrons. The van der Waals surface area contributed by atoms with Crippen molar-refractivity contribution in [3.05, 3.63) is 65.7 Å². The van der Waals surface area contributed by atoms with E-state index in [-0.39, 0.29) is 5.78 Å². The zero-order valence-corrected chi connectivity index (χ0v) is 9.87. The second kappa shape index (κ2) is 6.09. The van der Waals surface area contributed by atoms with Gasteiger partial charge in [0.2, 0.25) is 0 Å².